The van der Waals surface area contributed by atoms with E-state index in [0.29, 0.717) is 30.8 Å². The molecular weight excluding hydrogens is 304 g/mol. The summed E-state index contributed by atoms with van der Waals surface area (Å²) in [6.45, 7) is 9.23. The minimum absolute atomic E-state index is 0.0371. The number of ether oxygens (including phenoxy) is 2. The molecule has 0 spiro atoms. The van der Waals surface area contributed by atoms with Gasteiger partial charge in [0.2, 0.25) is 0 Å². The van der Waals surface area contributed by atoms with Crippen LogP contribution in [0.5, 0.6) is 0 Å². The Balaban J connectivity index is 1.83. The zero-order valence-electron chi connectivity index (χ0n) is 15.3. The minimum Gasteiger partial charge on any atom is -0.392 e. The van der Waals surface area contributed by atoms with Gasteiger partial charge < -0.3 is 19.7 Å². The van der Waals surface area contributed by atoms with Crippen LogP contribution >= 0.6 is 0 Å². The van der Waals surface area contributed by atoms with Crippen LogP contribution in [0.3, 0.4) is 0 Å². The van der Waals surface area contributed by atoms with Gasteiger partial charge in [-0.1, -0.05) is 25.5 Å². The molecule has 4 rings (SSSR count). The summed E-state index contributed by atoms with van der Waals surface area (Å²) >= 11 is 0. The molecule has 3 heterocycles. The molecule has 1 saturated carbocycles. The maximum absolute atomic E-state index is 11.0. The van der Waals surface area contributed by atoms with Crippen LogP contribution in [0, 0.1) is 29.6 Å². The van der Waals surface area contributed by atoms with Gasteiger partial charge in [-0.3, -0.25) is 0 Å². The Morgan fingerprint density at radius 1 is 1.17 bits per heavy atom. The molecule has 3 fully saturated rings. The van der Waals surface area contributed by atoms with Gasteiger partial charge in [-0.2, -0.15) is 0 Å². The molecule has 0 aromatic heterocycles. The average Bonchev–Trinajstić information content (AvgIpc) is 2.89. The largest absolute Gasteiger partial charge is 0.392 e. The van der Waals surface area contributed by atoms with E-state index in [9.17, 15) is 10.2 Å². The molecule has 4 aliphatic rings. The molecular formula is C20H32O4. The standard InChI is InChI=1S/C20H32O4/c1-10-5-6-15(21)20(4)19-16-13(12(3)9-23-20)8-11(2)18(22)17(16)14(7-10)24-19/h5,11-19,21-22H,6-9H2,1-4H3/b10-5-/t11-,12+,13+,14+,15-,16+,17+,18-,19+,20+/m1/s1. The lowest BCUT2D eigenvalue weighted by Crippen LogP contribution is -2.55. The number of hydrogen-bond acceptors (Lipinski definition) is 4. The molecule has 0 radical (unpaired) electrons. The monoisotopic (exact) mass is 336 g/mol. The van der Waals surface area contributed by atoms with Crippen LogP contribution in [0.4, 0.5) is 0 Å². The first-order chi connectivity index (χ1) is 11.3. The van der Waals surface area contributed by atoms with Gasteiger partial charge in [-0.25, -0.2) is 0 Å². The van der Waals surface area contributed by atoms with Crippen molar-refractivity contribution in [2.24, 2.45) is 29.6 Å². The van der Waals surface area contributed by atoms with Gasteiger partial charge in [0.15, 0.2) is 0 Å². The molecule has 10 atom stereocenters. The molecule has 1 aliphatic carbocycles. The Hall–Kier alpha value is -0.420. The highest BCUT2D eigenvalue weighted by Gasteiger charge is 2.63. The number of rotatable bonds is 0. The first-order valence-electron chi connectivity index (χ1n) is 9.64. The molecule has 2 bridgehead atoms. The van der Waals surface area contributed by atoms with Crippen LogP contribution in [-0.2, 0) is 9.47 Å². The zero-order valence-corrected chi connectivity index (χ0v) is 15.3. The van der Waals surface area contributed by atoms with Crippen molar-refractivity contribution in [2.45, 2.75) is 77.0 Å². The van der Waals surface area contributed by atoms with Crippen LogP contribution in [0.15, 0.2) is 11.6 Å². The van der Waals surface area contributed by atoms with Crippen LogP contribution in [-0.4, -0.2) is 46.8 Å². The molecule has 4 nitrogen and oxygen atoms in total. The minimum atomic E-state index is -0.692. The van der Waals surface area contributed by atoms with Crippen molar-refractivity contribution >= 4 is 0 Å². The fourth-order valence-corrected chi connectivity index (χ4v) is 5.95. The predicted molar refractivity (Wildman–Crippen MR) is 91.4 cm³/mol. The predicted octanol–water partition coefficient (Wildman–Crippen LogP) is 2.53. The maximum Gasteiger partial charge on any atom is 0.118 e. The van der Waals surface area contributed by atoms with Crippen LogP contribution in [0.25, 0.3) is 0 Å². The fourth-order valence-electron chi connectivity index (χ4n) is 5.95. The average molecular weight is 336 g/mol. The first kappa shape index (κ1) is 17.0. The first-order valence-corrected chi connectivity index (χ1v) is 9.64. The molecule has 0 aromatic carbocycles. The number of hydrogen-bond donors (Lipinski definition) is 2. The van der Waals surface area contributed by atoms with E-state index in [1.807, 2.05) is 6.92 Å². The molecule has 136 valence electrons. The Morgan fingerprint density at radius 2 is 1.92 bits per heavy atom. The normalized spacial score (nSPS) is 59.6. The van der Waals surface area contributed by atoms with Crippen LogP contribution in [0.2, 0.25) is 0 Å². The van der Waals surface area contributed by atoms with Crippen molar-refractivity contribution in [1.82, 2.24) is 0 Å². The van der Waals surface area contributed by atoms with E-state index in [1.165, 1.54) is 5.57 Å². The molecule has 2 saturated heterocycles. The van der Waals surface area contributed by atoms with Gasteiger partial charge in [0.25, 0.3) is 0 Å². The Kier molecular flexibility index (Phi) is 4.11. The SMILES string of the molecule is C/C1=C/C[C@@H](O)[C@]2(C)OC[C@H](C)[C@@H]3C[C@@H](C)[C@@H](O)[C@@H]4[C@H]3[C@@H]2O[C@H]4C1. The molecule has 4 heteroatoms. The van der Waals surface area contributed by atoms with Crippen LogP contribution in [0.1, 0.15) is 47.0 Å². The van der Waals surface area contributed by atoms with E-state index in [0.717, 1.165) is 12.8 Å². The van der Waals surface area contributed by atoms with E-state index in [4.69, 9.17) is 9.47 Å². The highest BCUT2D eigenvalue weighted by Crippen LogP contribution is 2.56. The Bertz CT molecular complexity index is 532. The second-order valence-corrected chi connectivity index (χ2v) is 9.10. The van der Waals surface area contributed by atoms with Crippen molar-refractivity contribution in [3.05, 3.63) is 11.6 Å². The number of aliphatic hydroxyl groups excluding tert-OH is 2. The topological polar surface area (TPSA) is 58.9 Å². The number of fused-ring (bicyclic) bond motifs is 2. The third-order valence-electron chi connectivity index (χ3n) is 7.49. The third kappa shape index (κ3) is 2.33. The van der Waals surface area contributed by atoms with E-state index in [1.54, 1.807) is 0 Å². The lowest BCUT2D eigenvalue weighted by atomic mass is 9.59. The van der Waals surface area contributed by atoms with Crippen molar-refractivity contribution in [3.8, 4) is 0 Å². The van der Waals surface area contributed by atoms with E-state index in [2.05, 4.69) is 26.8 Å². The third-order valence-corrected chi connectivity index (χ3v) is 7.49. The van der Waals surface area contributed by atoms with Gasteiger partial charge in [0.05, 0.1) is 31.0 Å². The Labute approximate surface area is 145 Å². The van der Waals surface area contributed by atoms with Crippen molar-refractivity contribution < 1.29 is 19.7 Å². The van der Waals surface area contributed by atoms with Gasteiger partial charge in [-0.05, 0) is 56.8 Å². The molecule has 0 amide bonds. The van der Waals surface area contributed by atoms with E-state index in [-0.39, 0.29) is 30.1 Å². The molecule has 3 aliphatic heterocycles. The molecule has 2 N–H and O–H groups in total. The fraction of sp³-hybridized carbons (Fsp3) is 0.900. The highest BCUT2D eigenvalue weighted by atomic mass is 16.6. The van der Waals surface area contributed by atoms with Gasteiger partial charge in [0.1, 0.15) is 5.60 Å². The summed E-state index contributed by atoms with van der Waals surface area (Å²) in [6.07, 6.45) is 3.64. The van der Waals surface area contributed by atoms with Crippen molar-refractivity contribution in [2.75, 3.05) is 6.61 Å². The maximum atomic E-state index is 11.0. The molecule has 24 heavy (non-hydrogen) atoms. The quantitative estimate of drug-likeness (QED) is 0.668. The second-order valence-electron chi connectivity index (χ2n) is 9.10. The van der Waals surface area contributed by atoms with Gasteiger partial charge in [0, 0.05) is 5.92 Å². The summed E-state index contributed by atoms with van der Waals surface area (Å²) in [4.78, 5) is 0. The van der Waals surface area contributed by atoms with Crippen molar-refractivity contribution in [1.29, 1.82) is 0 Å². The second kappa shape index (κ2) is 5.80. The van der Waals surface area contributed by atoms with E-state index < -0.39 is 11.7 Å². The van der Waals surface area contributed by atoms with Crippen molar-refractivity contribution in [3.63, 3.8) is 0 Å². The van der Waals surface area contributed by atoms with Gasteiger partial charge in [-0.15, -0.1) is 0 Å². The summed E-state index contributed by atoms with van der Waals surface area (Å²) in [6, 6.07) is 0. The number of aliphatic hydroxyl groups is 2. The molecule has 0 unspecified atom stereocenters. The zero-order chi connectivity index (χ0) is 17.2. The summed E-state index contributed by atoms with van der Waals surface area (Å²) < 4.78 is 12.9. The van der Waals surface area contributed by atoms with Gasteiger partial charge >= 0.3 is 0 Å². The van der Waals surface area contributed by atoms with E-state index >= 15 is 0 Å². The Morgan fingerprint density at radius 3 is 2.67 bits per heavy atom. The molecule has 0 aromatic rings. The van der Waals surface area contributed by atoms with Crippen LogP contribution < -0.4 is 0 Å². The smallest absolute Gasteiger partial charge is 0.118 e. The summed E-state index contributed by atoms with van der Waals surface area (Å²) in [5.41, 5.74) is 0.555. The summed E-state index contributed by atoms with van der Waals surface area (Å²) in [5, 5.41) is 21.9. The lowest BCUT2D eigenvalue weighted by Gasteiger charge is -2.46. The highest BCUT2D eigenvalue weighted by molar-refractivity contribution is 5.16. The summed E-state index contributed by atoms with van der Waals surface area (Å²) in [5.74, 6) is 1.66. The lowest BCUT2D eigenvalue weighted by molar-refractivity contribution is -0.183. The summed E-state index contributed by atoms with van der Waals surface area (Å²) in [7, 11) is 0.